The number of amides is 1. The second-order valence-corrected chi connectivity index (χ2v) is 5.54. The molecule has 1 amide bonds. The third-order valence-electron chi connectivity index (χ3n) is 3.14. The van der Waals surface area contributed by atoms with Crippen LogP contribution in [-0.2, 0) is 0 Å². The van der Waals surface area contributed by atoms with Gasteiger partial charge in [0, 0.05) is 25.7 Å². The average molecular weight is 284 g/mol. The molecular weight excluding hydrogens is 264 g/mol. The molecule has 1 atom stereocenters. The Bertz CT molecular complexity index is 475. The second-order valence-electron chi connectivity index (χ2n) is 4.54. The minimum atomic E-state index is -0.155. The minimum absolute atomic E-state index is 0.155. The van der Waals surface area contributed by atoms with Gasteiger partial charge in [-0.05, 0) is 13.3 Å². The number of nitrogens with one attached hydrogen (secondary N) is 1. The summed E-state index contributed by atoms with van der Waals surface area (Å²) in [6.45, 7) is 4.08. The monoisotopic (exact) mass is 284 g/mol. The Morgan fingerprint density at radius 1 is 1.63 bits per heavy atom. The van der Waals surface area contributed by atoms with Crippen molar-refractivity contribution in [3.63, 3.8) is 0 Å². The molecule has 2 heterocycles. The molecule has 7 heteroatoms. The van der Waals surface area contributed by atoms with E-state index in [1.54, 1.807) is 7.11 Å². The third-order valence-corrected chi connectivity index (χ3v) is 4.39. The van der Waals surface area contributed by atoms with Crippen LogP contribution in [0, 0.1) is 0 Å². The Morgan fingerprint density at radius 2 is 2.37 bits per heavy atom. The molecule has 5 N–H and O–H groups in total. The van der Waals surface area contributed by atoms with Crippen LogP contribution in [0.2, 0.25) is 0 Å². The van der Waals surface area contributed by atoms with Gasteiger partial charge in [-0.15, -0.1) is 11.3 Å². The van der Waals surface area contributed by atoms with Gasteiger partial charge in [-0.25, -0.2) is 0 Å². The lowest BCUT2D eigenvalue weighted by atomic mass is 10.3. The first-order chi connectivity index (χ1) is 9.08. The van der Waals surface area contributed by atoms with Crippen LogP contribution < -0.4 is 26.4 Å². The largest absolute Gasteiger partial charge is 0.492 e. The van der Waals surface area contributed by atoms with Crippen molar-refractivity contribution in [1.29, 1.82) is 0 Å². The van der Waals surface area contributed by atoms with Gasteiger partial charge in [-0.3, -0.25) is 4.79 Å². The number of anilines is 2. The Balaban J connectivity index is 2.33. The van der Waals surface area contributed by atoms with Gasteiger partial charge in [0.2, 0.25) is 0 Å². The maximum absolute atomic E-state index is 11.9. The molecule has 2 rings (SSSR count). The molecule has 6 nitrogen and oxygen atoms in total. The molecule has 19 heavy (non-hydrogen) atoms. The summed E-state index contributed by atoms with van der Waals surface area (Å²) in [5, 5.41) is 3.66. The van der Waals surface area contributed by atoms with Gasteiger partial charge < -0.3 is 26.4 Å². The molecule has 1 aromatic rings. The fourth-order valence-electron chi connectivity index (χ4n) is 2.20. The third kappa shape index (κ3) is 2.62. The molecule has 1 aliphatic heterocycles. The first-order valence-electron chi connectivity index (χ1n) is 6.33. The highest BCUT2D eigenvalue weighted by molar-refractivity contribution is 7.19. The van der Waals surface area contributed by atoms with Gasteiger partial charge in [-0.2, -0.15) is 0 Å². The Hall–Kier alpha value is -1.47. The van der Waals surface area contributed by atoms with Crippen molar-refractivity contribution in [2.24, 2.45) is 5.73 Å². The summed E-state index contributed by atoms with van der Waals surface area (Å²) in [4.78, 5) is 14.6. The van der Waals surface area contributed by atoms with Gasteiger partial charge in [0.05, 0.1) is 7.11 Å². The van der Waals surface area contributed by atoms with E-state index in [2.05, 4.69) is 10.2 Å². The maximum atomic E-state index is 11.9. The molecule has 1 fully saturated rings. The highest BCUT2D eigenvalue weighted by atomic mass is 32.1. The predicted molar refractivity (Wildman–Crippen MR) is 78.1 cm³/mol. The fourth-order valence-corrected chi connectivity index (χ4v) is 3.34. The standard InChI is InChI=1S/C12H20N4O2S/c1-3-15-11(17)10-8(14)9(18-2)12(19-10)16-5-4-7(13)6-16/h7H,3-6,13-14H2,1-2H3,(H,15,17). The summed E-state index contributed by atoms with van der Waals surface area (Å²) in [6, 6.07) is 0.168. The first-order valence-corrected chi connectivity index (χ1v) is 7.15. The van der Waals surface area contributed by atoms with Crippen molar-refractivity contribution in [2.75, 3.05) is 37.4 Å². The predicted octanol–water partition coefficient (Wildman–Crippen LogP) is 0.626. The number of hydrogen-bond acceptors (Lipinski definition) is 6. The maximum Gasteiger partial charge on any atom is 0.263 e. The van der Waals surface area contributed by atoms with E-state index in [0.29, 0.717) is 22.9 Å². The Labute approximate surface area is 116 Å². The van der Waals surface area contributed by atoms with E-state index in [1.807, 2.05) is 6.92 Å². The van der Waals surface area contributed by atoms with Crippen molar-refractivity contribution in [2.45, 2.75) is 19.4 Å². The van der Waals surface area contributed by atoms with E-state index in [4.69, 9.17) is 16.2 Å². The van der Waals surface area contributed by atoms with E-state index in [9.17, 15) is 4.79 Å². The molecule has 0 bridgehead atoms. The number of carbonyl (C=O) groups is 1. The number of hydrogen-bond donors (Lipinski definition) is 3. The van der Waals surface area contributed by atoms with Gasteiger partial charge in [-0.1, -0.05) is 0 Å². The van der Waals surface area contributed by atoms with Crippen LogP contribution in [0.25, 0.3) is 0 Å². The topological polar surface area (TPSA) is 93.6 Å². The average Bonchev–Trinajstić information content (AvgIpc) is 2.93. The molecule has 0 aromatic carbocycles. The van der Waals surface area contributed by atoms with Crippen molar-refractivity contribution in [1.82, 2.24) is 5.32 Å². The first kappa shape index (κ1) is 14.0. The Morgan fingerprint density at radius 3 is 2.89 bits per heavy atom. The highest BCUT2D eigenvalue weighted by Crippen LogP contribution is 2.45. The molecule has 0 saturated carbocycles. The number of thiophene rings is 1. The quantitative estimate of drug-likeness (QED) is 0.754. The smallest absolute Gasteiger partial charge is 0.263 e. The van der Waals surface area contributed by atoms with Gasteiger partial charge in [0.1, 0.15) is 15.6 Å². The van der Waals surface area contributed by atoms with Crippen LogP contribution in [0.4, 0.5) is 10.7 Å². The van der Waals surface area contributed by atoms with Gasteiger partial charge in [0.15, 0.2) is 5.75 Å². The number of carbonyl (C=O) groups excluding carboxylic acids is 1. The molecule has 0 spiro atoms. The molecule has 1 aliphatic rings. The van der Waals surface area contributed by atoms with Crippen molar-refractivity contribution in [3.05, 3.63) is 4.88 Å². The number of nitrogens with zero attached hydrogens (tertiary/aromatic N) is 1. The second kappa shape index (κ2) is 5.66. The molecule has 1 saturated heterocycles. The zero-order valence-electron chi connectivity index (χ0n) is 11.2. The van der Waals surface area contributed by atoms with Crippen molar-refractivity contribution in [3.8, 4) is 5.75 Å². The van der Waals surface area contributed by atoms with Crippen molar-refractivity contribution < 1.29 is 9.53 Å². The van der Waals surface area contributed by atoms with Crippen LogP contribution >= 0.6 is 11.3 Å². The van der Waals surface area contributed by atoms with Gasteiger partial charge in [0.25, 0.3) is 5.91 Å². The number of methoxy groups -OCH3 is 1. The summed E-state index contributed by atoms with van der Waals surface area (Å²) in [5.74, 6) is 0.429. The molecule has 1 aromatic heterocycles. The lowest BCUT2D eigenvalue weighted by molar-refractivity contribution is 0.0960. The van der Waals surface area contributed by atoms with Crippen LogP contribution in [0.5, 0.6) is 5.75 Å². The number of rotatable bonds is 4. The molecule has 106 valence electrons. The minimum Gasteiger partial charge on any atom is -0.492 e. The Kier molecular flexibility index (Phi) is 4.16. The fraction of sp³-hybridized carbons (Fsp3) is 0.583. The van der Waals surface area contributed by atoms with Crippen LogP contribution in [-0.4, -0.2) is 38.7 Å². The van der Waals surface area contributed by atoms with E-state index in [-0.39, 0.29) is 11.9 Å². The van der Waals surface area contributed by atoms with E-state index in [1.165, 1.54) is 11.3 Å². The zero-order valence-corrected chi connectivity index (χ0v) is 12.0. The molecule has 0 radical (unpaired) electrons. The lowest BCUT2D eigenvalue weighted by Crippen LogP contribution is -2.26. The van der Waals surface area contributed by atoms with E-state index in [0.717, 1.165) is 24.5 Å². The lowest BCUT2D eigenvalue weighted by Gasteiger charge is -2.17. The summed E-state index contributed by atoms with van der Waals surface area (Å²) < 4.78 is 5.36. The van der Waals surface area contributed by atoms with Gasteiger partial charge >= 0.3 is 0 Å². The highest BCUT2D eigenvalue weighted by Gasteiger charge is 2.28. The molecular formula is C12H20N4O2S. The summed E-state index contributed by atoms with van der Waals surface area (Å²) in [5.41, 5.74) is 12.3. The van der Waals surface area contributed by atoms with Crippen molar-refractivity contribution >= 4 is 27.9 Å². The van der Waals surface area contributed by atoms with Crippen LogP contribution in [0.1, 0.15) is 23.0 Å². The SMILES string of the molecule is CCNC(=O)c1sc(N2CCC(N)C2)c(OC)c1N. The number of ether oxygens (including phenoxy) is 1. The van der Waals surface area contributed by atoms with E-state index < -0.39 is 0 Å². The van der Waals surface area contributed by atoms with Crippen LogP contribution in [0.15, 0.2) is 0 Å². The molecule has 1 unspecified atom stereocenters. The number of nitrogens with two attached hydrogens (primary N) is 2. The number of nitrogen functional groups attached to an aromatic ring is 1. The van der Waals surface area contributed by atoms with E-state index >= 15 is 0 Å². The van der Waals surface area contributed by atoms with Crippen LogP contribution in [0.3, 0.4) is 0 Å². The summed E-state index contributed by atoms with van der Waals surface area (Å²) in [7, 11) is 1.57. The molecule has 0 aliphatic carbocycles. The zero-order chi connectivity index (χ0) is 14.0. The normalized spacial score (nSPS) is 18.7. The summed E-state index contributed by atoms with van der Waals surface area (Å²) in [6.07, 6.45) is 0.942. The summed E-state index contributed by atoms with van der Waals surface area (Å²) >= 11 is 1.37.